The van der Waals surface area contributed by atoms with Crippen molar-refractivity contribution in [1.82, 2.24) is 0 Å². The lowest BCUT2D eigenvalue weighted by Crippen LogP contribution is -2.18. The van der Waals surface area contributed by atoms with Gasteiger partial charge >= 0.3 is 0 Å². The molecule has 9 aromatic carbocycles. The molecule has 0 aromatic heterocycles. The Hall–Kier alpha value is -7.36. The molecule has 0 fully saturated rings. The minimum atomic E-state index is -0.137. The van der Waals surface area contributed by atoms with Gasteiger partial charge in [0.2, 0.25) is 0 Å². The molecule has 61 heavy (non-hydrogen) atoms. The maximum Gasteiger partial charge on any atom is 0.137 e. The van der Waals surface area contributed by atoms with E-state index in [-0.39, 0.29) is 10.8 Å². The van der Waals surface area contributed by atoms with E-state index in [9.17, 15) is 0 Å². The van der Waals surface area contributed by atoms with Crippen LogP contribution in [-0.2, 0) is 10.8 Å². The number of ether oxygens (including phenoxy) is 1. The highest BCUT2D eigenvalue weighted by Gasteiger charge is 2.38. The number of fused-ring (bicyclic) bond motifs is 8. The fourth-order valence-electron chi connectivity index (χ4n) is 10.6. The number of benzene rings is 9. The van der Waals surface area contributed by atoms with E-state index < -0.39 is 0 Å². The fourth-order valence-corrected chi connectivity index (χ4v) is 10.6. The molecule has 0 unspecified atom stereocenters. The molecular weight excluding hydrogens is 741 g/mol. The summed E-state index contributed by atoms with van der Waals surface area (Å²) in [6, 6.07) is 70.8. The first-order valence-electron chi connectivity index (χ1n) is 21.3. The zero-order chi connectivity index (χ0) is 41.0. The first kappa shape index (κ1) is 35.6. The van der Waals surface area contributed by atoms with Crippen molar-refractivity contribution in [3.8, 4) is 44.9 Å². The zero-order valence-corrected chi connectivity index (χ0v) is 34.8. The molecule has 0 N–H and O–H groups in total. The van der Waals surface area contributed by atoms with Gasteiger partial charge in [-0.3, -0.25) is 0 Å². The van der Waals surface area contributed by atoms with Crippen LogP contribution in [0.4, 0.5) is 34.1 Å². The third kappa shape index (κ3) is 5.23. The standard InChI is InChI=1S/C58H44N2O/c1-57(2)49-24-13-11-20-42(49)44-29-26-39(34-51(44)57)60(40-27-30-45-43-21-12-14-25-50(43)58(3,4)52(45)35-40)53-32-33-54-56-47(22-15-23-48(53)56)46-31-28-41(36-55(46)61-54)59(37-16-7-5-8-17-37)38-18-9-6-10-19-38/h5-36H,1-4H3. The molecule has 9 aromatic rings. The van der Waals surface area contributed by atoms with E-state index in [0.29, 0.717) is 0 Å². The zero-order valence-electron chi connectivity index (χ0n) is 34.8. The van der Waals surface area contributed by atoms with E-state index >= 15 is 0 Å². The molecule has 3 aliphatic rings. The minimum Gasteiger partial charge on any atom is -0.456 e. The quantitative estimate of drug-likeness (QED) is 0.167. The Balaban J connectivity index is 1.03. The Morgan fingerprint density at radius 1 is 0.328 bits per heavy atom. The molecule has 0 saturated carbocycles. The summed E-state index contributed by atoms with van der Waals surface area (Å²) < 4.78 is 6.96. The summed E-state index contributed by atoms with van der Waals surface area (Å²) in [4.78, 5) is 4.77. The van der Waals surface area contributed by atoms with E-state index in [0.717, 1.165) is 62.0 Å². The number of para-hydroxylation sites is 2. The molecule has 3 heteroatoms. The van der Waals surface area contributed by atoms with E-state index in [2.05, 4.69) is 232 Å². The molecule has 0 spiro atoms. The lowest BCUT2D eigenvalue weighted by Gasteiger charge is -2.32. The van der Waals surface area contributed by atoms with Crippen LogP contribution >= 0.6 is 0 Å². The van der Waals surface area contributed by atoms with Crippen LogP contribution in [0.1, 0.15) is 49.9 Å². The van der Waals surface area contributed by atoms with Gasteiger partial charge < -0.3 is 14.5 Å². The smallest absolute Gasteiger partial charge is 0.137 e. The van der Waals surface area contributed by atoms with Gasteiger partial charge in [0, 0.05) is 61.7 Å². The van der Waals surface area contributed by atoms with Gasteiger partial charge in [-0.25, -0.2) is 0 Å². The third-order valence-electron chi connectivity index (χ3n) is 13.6. The lowest BCUT2D eigenvalue weighted by atomic mass is 9.82. The van der Waals surface area contributed by atoms with Crippen molar-refractivity contribution in [3.63, 3.8) is 0 Å². The first-order chi connectivity index (χ1) is 29.8. The first-order valence-corrected chi connectivity index (χ1v) is 21.3. The Labute approximate surface area is 357 Å². The molecule has 0 amide bonds. The molecule has 1 aliphatic heterocycles. The average Bonchev–Trinajstić information content (AvgIpc) is 3.67. The SMILES string of the molecule is CC1(C)c2ccccc2-c2ccc(N(c3ccc4c(c3)C(C)(C)c3ccccc3-4)c3ccc4c5c(cccc35)-c3ccc(N(c5ccccc5)c5ccccc5)cc3O4)cc21. The summed E-state index contributed by atoms with van der Waals surface area (Å²) in [6.45, 7) is 9.45. The van der Waals surface area contributed by atoms with E-state index in [1.165, 1.54) is 50.1 Å². The lowest BCUT2D eigenvalue weighted by molar-refractivity contribution is 0.487. The summed E-state index contributed by atoms with van der Waals surface area (Å²) in [5.41, 5.74) is 19.3. The maximum atomic E-state index is 6.96. The highest BCUT2D eigenvalue weighted by atomic mass is 16.5. The van der Waals surface area contributed by atoms with Crippen molar-refractivity contribution in [1.29, 1.82) is 0 Å². The molecule has 0 bridgehead atoms. The largest absolute Gasteiger partial charge is 0.456 e. The van der Waals surface area contributed by atoms with Crippen LogP contribution in [0.2, 0.25) is 0 Å². The minimum absolute atomic E-state index is 0.137. The van der Waals surface area contributed by atoms with Crippen LogP contribution in [0.15, 0.2) is 194 Å². The van der Waals surface area contributed by atoms with Crippen molar-refractivity contribution >= 4 is 44.9 Å². The fraction of sp³-hybridized carbons (Fsp3) is 0.103. The third-order valence-corrected chi connectivity index (χ3v) is 13.6. The van der Waals surface area contributed by atoms with Crippen molar-refractivity contribution in [3.05, 3.63) is 216 Å². The van der Waals surface area contributed by atoms with Gasteiger partial charge in [0.25, 0.3) is 0 Å². The summed E-state index contributed by atoms with van der Waals surface area (Å²) in [5.74, 6) is 1.71. The van der Waals surface area contributed by atoms with Crippen LogP contribution < -0.4 is 14.5 Å². The molecule has 3 nitrogen and oxygen atoms in total. The van der Waals surface area contributed by atoms with Gasteiger partial charge in [-0.2, -0.15) is 0 Å². The van der Waals surface area contributed by atoms with Gasteiger partial charge in [0.05, 0.1) is 5.69 Å². The van der Waals surface area contributed by atoms with Crippen molar-refractivity contribution in [2.24, 2.45) is 0 Å². The van der Waals surface area contributed by atoms with Crippen LogP contribution in [0.3, 0.4) is 0 Å². The Kier molecular flexibility index (Phi) is 7.62. The highest BCUT2D eigenvalue weighted by molar-refractivity contribution is 6.11. The van der Waals surface area contributed by atoms with Gasteiger partial charge in [0.1, 0.15) is 11.5 Å². The van der Waals surface area contributed by atoms with E-state index in [4.69, 9.17) is 4.74 Å². The molecule has 2 aliphatic carbocycles. The molecular formula is C58H44N2O. The monoisotopic (exact) mass is 784 g/mol. The molecule has 0 radical (unpaired) electrons. The number of hydrogen-bond acceptors (Lipinski definition) is 3. The molecule has 0 atom stereocenters. The van der Waals surface area contributed by atoms with Crippen LogP contribution in [0.5, 0.6) is 11.5 Å². The second-order valence-corrected chi connectivity index (χ2v) is 17.7. The number of rotatable bonds is 6. The highest BCUT2D eigenvalue weighted by Crippen LogP contribution is 2.56. The molecule has 1 heterocycles. The summed E-state index contributed by atoms with van der Waals surface area (Å²) in [7, 11) is 0. The molecule has 12 rings (SSSR count). The van der Waals surface area contributed by atoms with Gasteiger partial charge in [0.15, 0.2) is 0 Å². The Morgan fingerprint density at radius 3 is 1.38 bits per heavy atom. The van der Waals surface area contributed by atoms with Crippen molar-refractivity contribution in [2.75, 3.05) is 9.80 Å². The Morgan fingerprint density at radius 2 is 0.803 bits per heavy atom. The maximum absolute atomic E-state index is 6.96. The summed E-state index contributed by atoms with van der Waals surface area (Å²) in [6.07, 6.45) is 0. The van der Waals surface area contributed by atoms with Crippen molar-refractivity contribution in [2.45, 2.75) is 38.5 Å². The second-order valence-electron chi connectivity index (χ2n) is 17.7. The van der Waals surface area contributed by atoms with Crippen LogP contribution in [-0.4, -0.2) is 0 Å². The second kappa shape index (κ2) is 13.1. The van der Waals surface area contributed by atoms with Crippen LogP contribution in [0.25, 0.3) is 44.2 Å². The predicted molar refractivity (Wildman–Crippen MR) is 254 cm³/mol. The summed E-state index contributed by atoms with van der Waals surface area (Å²) >= 11 is 0. The summed E-state index contributed by atoms with van der Waals surface area (Å²) in [5, 5.41) is 2.27. The number of anilines is 6. The Bertz CT molecular complexity index is 3090. The van der Waals surface area contributed by atoms with Gasteiger partial charge in [-0.15, -0.1) is 0 Å². The van der Waals surface area contributed by atoms with Crippen LogP contribution in [0, 0.1) is 0 Å². The van der Waals surface area contributed by atoms with Crippen molar-refractivity contribution < 1.29 is 4.74 Å². The van der Waals surface area contributed by atoms with E-state index in [1.54, 1.807) is 0 Å². The van der Waals surface area contributed by atoms with E-state index in [1.807, 2.05) is 0 Å². The molecule has 292 valence electrons. The average molecular weight is 785 g/mol. The number of nitrogens with zero attached hydrogens (tertiary/aromatic N) is 2. The van der Waals surface area contributed by atoms with Gasteiger partial charge in [-0.1, -0.05) is 143 Å². The molecule has 0 saturated heterocycles. The topological polar surface area (TPSA) is 15.7 Å². The normalized spacial score (nSPS) is 14.3. The predicted octanol–water partition coefficient (Wildman–Crippen LogP) is 16.2. The van der Waals surface area contributed by atoms with Gasteiger partial charge in [-0.05, 0) is 123 Å². The number of hydrogen-bond donors (Lipinski definition) is 0.